The van der Waals surface area contributed by atoms with Crippen LogP contribution in [0.15, 0.2) is 62.1 Å². The fourth-order valence-electron chi connectivity index (χ4n) is 2.50. The van der Waals surface area contributed by atoms with Gasteiger partial charge in [0.2, 0.25) is 0 Å². The lowest BCUT2D eigenvalue weighted by Gasteiger charge is -2.04. The van der Waals surface area contributed by atoms with Crippen molar-refractivity contribution in [3.63, 3.8) is 0 Å². The van der Waals surface area contributed by atoms with Crippen LogP contribution < -0.4 is 9.47 Å². The summed E-state index contributed by atoms with van der Waals surface area (Å²) in [6, 6.07) is 12.2. The smallest absolute Gasteiger partial charge is 0.126 e. The zero-order valence-corrected chi connectivity index (χ0v) is 10.6. The molecule has 2 nitrogen and oxygen atoms in total. The number of fused-ring (bicyclic) bond motifs is 3. The number of rotatable bonds is 4. The van der Waals surface area contributed by atoms with E-state index in [1.165, 1.54) is 34.8 Å². The predicted octanol–water partition coefficient (Wildman–Crippen LogP) is 4.30. The largest absolute Gasteiger partial charge is 0.466 e. The van der Waals surface area contributed by atoms with Crippen LogP contribution in [0.3, 0.4) is 0 Å². The molecule has 2 heteroatoms. The Morgan fingerprint density at radius 2 is 1.26 bits per heavy atom. The van der Waals surface area contributed by atoms with Gasteiger partial charge in [0.15, 0.2) is 0 Å². The molecule has 0 saturated carbocycles. The Hall–Kier alpha value is -2.48. The van der Waals surface area contributed by atoms with Gasteiger partial charge in [-0.2, -0.15) is 0 Å². The molecule has 94 valence electrons. The molecule has 0 aromatic heterocycles. The molecule has 3 rings (SSSR count). The SMILES string of the molecule is C=COc1ccc2c(c1)Cc1cc(OC=C)ccc1-2. The first kappa shape index (κ1) is 11.6. The summed E-state index contributed by atoms with van der Waals surface area (Å²) in [5, 5.41) is 0. The topological polar surface area (TPSA) is 18.5 Å². The molecular formula is C17H14O2. The lowest BCUT2D eigenvalue weighted by Crippen LogP contribution is -1.85. The van der Waals surface area contributed by atoms with Crippen molar-refractivity contribution in [3.8, 4) is 22.6 Å². The van der Waals surface area contributed by atoms with Crippen LogP contribution in [0.4, 0.5) is 0 Å². The number of hydrogen-bond acceptors (Lipinski definition) is 2. The molecule has 0 heterocycles. The van der Waals surface area contributed by atoms with Crippen LogP contribution in [0.1, 0.15) is 11.1 Å². The fourth-order valence-corrected chi connectivity index (χ4v) is 2.50. The number of ether oxygens (including phenoxy) is 2. The van der Waals surface area contributed by atoms with Gasteiger partial charge in [0.1, 0.15) is 11.5 Å². The van der Waals surface area contributed by atoms with E-state index in [9.17, 15) is 0 Å². The minimum Gasteiger partial charge on any atom is -0.466 e. The second-order valence-corrected chi connectivity index (χ2v) is 4.38. The van der Waals surface area contributed by atoms with E-state index < -0.39 is 0 Å². The van der Waals surface area contributed by atoms with Crippen molar-refractivity contribution in [1.82, 2.24) is 0 Å². The van der Waals surface area contributed by atoms with Crippen LogP contribution in [0, 0.1) is 0 Å². The number of hydrogen-bond donors (Lipinski definition) is 0. The van der Waals surface area contributed by atoms with Gasteiger partial charge < -0.3 is 9.47 Å². The van der Waals surface area contributed by atoms with Gasteiger partial charge in [0.25, 0.3) is 0 Å². The highest BCUT2D eigenvalue weighted by atomic mass is 16.5. The summed E-state index contributed by atoms with van der Waals surface area (Å²) in [4.78, 5) is 0. The van der Waals surface area contributed by atoms with E-state index in [0.717, 1.165) is 17.9 Å². The summed E-state index contributed by atoms with van der Waals surface area (Å²) in [5.41, 5.74) is 5.06. The molecule has 1 aliphatic rings. The molecule has 0 amide bonds. The quantitative estimate of drug-likeness (QED) is 0.643. The van der Waals surface area contributed by atoms with Gasteiger partial charge in [0.05, 0.1) is 12.5 Å². The fraction of sp³-hybridized carbons (Fsp3) is 0.0588. The molecule has 0 saturated heterocycles. The molecule has 0 radical (unpaired) electrons. The molecule has 2 aromatic rings. The van der Waals surface area contributed by atoms with Gasteiger partial charge in [-0.05, 0) is 52.9 Å². The third-order valence-corrected chi connectivity index (χ3v) is 3.26. The van der Waals surface area contributed by atoms with E-state index in [4.69, 9.17) is 9.47 Å². The molecule has 0 N–H and O–H groups in total. The highest BCUT2D eigenvalue weighted by Gasteiger charge is 2.19. The Morgan fingerprint density at radius 3 is 1.68 bits per heavy atom. The molecule has 0 bridgehead atoms. The van der Waals surface area contributed by atoms with Crippen molar-refractivity contribution < 1.29 is 9.47 Å². The second kappa shape index (κ2) is 4.65. The summed E-state index contributed by atoms with van der Waals surface area (Å²) in [6.07, 6.45) is 3.78. The highest BCUT2D eigenvalue weighted by molar-refractivity contribution is 5.78. The Morgan fingerprint density at radius 1 is 0.789 bits per heavy atom. The average Bonchev–Trinajstić information content (AvgIpc) is 2.76. The first-order valence-electron chi connectivity index (χ1n) is 6.13. The maximum atomic E-state index is 5.32. The van der Waals surface area contributed by atoms with Gasteiger partial charge in [-0.25, -0.2) is 0 Å². The molecule has 0 fully saturated rings. The Labute approximate surface area is 112 Å². The van der Waals surface area contributed by atoms with Crippen molar-refractivity contribution in [2.24, 2.45) is 0 Å². The lowest BCUT2D eigenvalue weighted by atomic mass is 10.1. The zero-order valence-electron chi connectivity index (χ0n) is 10.6. The van der Waals surface area contributed by atoms with Gasteiger partial charge >= 0.3 is 0 Å². The van der Waals surface area contributed by atoms with Gasteiger partial charge in [-0.3, -0.25) is 0 Å². The minimum absolute atomic E-state index is 0.823. The van der Waals surface area contributed by atoms with E-state index in [-0.39, 0.29) is 0 Å². The Bertz CT molecular complexity index is 599. The summed E-state index contributed by atoms with van der Waals surface area (Å²) in [5.74, 6) is 1.65. The lowest BCUT2D eigenvalue weighted by molar-refractivity contribution is 0.483. The van der Waals surface area contributed by atoms with E-state index in [1.54, 1.807) is 0 Å². The van der Waals surface area contributed by atoms with Crippen LogP contribution in [0.2, 0.25) is 0 Å². The standard InChI is InChI=1S/C17H14O2/c1-3-18-14-5-7-16-12(10-14)9-13-11-15(19-4-2)6-8-17(13)16/h3-8,10-11H,1-2,9H2. The first-order chi connectivity index (χ1) is 9.31. The zero-order chi connectivity index (χ0) is 13.2. The van der Waals surface area contributed by atoms with Crippen molar-refractivity contribution in [2.45, 2.75) is 6.42 Å². The molecule has 2 aromatic carbocycles. The summed E-state index contributed by atoms with van der Waals surface area (Å²) in [7, 11) is 0. The second-order valence-electron chi connectivity index (χ2n) is 4.38. The van der Waals surface area contributed by atoms with Crippen LogP contribution >= 0.6 is 0 Å². The Balaban J connectivity index is 2.00. The van der Waals surface area contributed by atoms with Crippen LogP contribution in [-0.2, 0) is 6.42 Å². The van der Waals surface area contributed by atoms with E-state index in [0.29, 0.717) is 0 Å². The summed E-state index contributed by atoms with van der Waals surface area (Å²) >= 11 is 0. The summed E-state index contributed by atoms with van der Waals surface area (Å²) in [6.45, 7) is 7.15. The maximum Gasteiger partial charge on any atom is 0.126 e. The molecule has 0 unspecified atom stereocenters. The van der Waals surface area contributed by atoms with Crippen LogP contribution in [-0.4, -0.2) is 0 Å². The van der Waals surface area contributed by atoms with Gasteiger partial charge in [-0.15, -0.1) is 0 Å². The van der Waals surface area contributed by atoms with Crippen molar-refractivity contribution in [2.75, 3.05) is 0 Å². The molecule has 19 heavy (non-hydrogen) atoms. The molecule has 1 aliphatic carbocycles. The maximum absolute atomic E-state index is 5.32. The normalized spacial score (nSPS) is 11.4. The van der Waals surface area contributed by atoms with E-state index >= 15 is 0 Å². The molecule has 0 atom stereocenters. The molecule has 0 spiro atoms. The van der Waals surface area contributed by atoms with Gasteiger partial charge in [0, 0.05) is 0 Å². The van der Waals surface area contributed by atoms with Crippen molar-refractivity contribution in [1.29, 1.82) is 0 Å². The van der Waals surface area contributed by atoms with Crippen molar-refractivity contribution >= 4 is 0 Å². The number of benzene rings is 2. The summed E-state index contributed by atoms with van der Waals surface area (Å²) < 4.78 is 10.6. The third-order valence-electron chi connectivity index (χ3n) is 3.26. The minimum atomic E-state index is 0.823. The Kier molecular flexibility index (Phi) is 2.84. The highest BCUT2D eigenvalue weighted by Crippen LogP contribution is 2.39. The van der Waals surface area contributed by atoms with Gasteiger partial charge in [-0.1, -0.05) is 25.3 Å². The van der Waals surface area contributed by atoms with E-state index in [2.05, 4.69) is 37.4 Å². The van der Waals surface area contributed by atoms with E-state index in [1.807, 2.05) is 12.1 Å². The predicted molar refractivity (Wildman–Crippen MR) is 76.3 cm³/mol. The molecular weight excluding hydrogens is 236 g/mol. The third kappa shape index (κ3) is 2.02. The average molecular weight is 250 g/mol. The first-order valence-corrected chi connectivity index (χ1v) is 6.13. The van der Waals surface area contributed by atoms with Crippen LogP contribution in [0.5, 0.6) is 11.5 Å². The van der Waals surface area contributed by atoms with Crippen molar-refractivity contribution in [3.05, 3.63) is 73.2 Å². The monoisotopic (exact) mass is 250 g/mol. The molecule has 0 aliphatic heterocycles. The van der Waals surface area contributed by atoms with Crippen LogP contribution in [0.25, 0.3) is 11.1 Å².